The Labute approximate surface area is 116 Å². The van der Waals surface area contributed by atoms with Gasteiger partial charge in [0.05, 0.1) is 13.4 Å². The number of nitrogens with one attached hydrogen (secondary N) is 1. The predicted molar refractivity (Wildman–Crippen MR) is 73.1 cm³/mol. The number of aromatic nitrogens is 2. The number of carbonyl (C=O) groups excluding carboxylic acids is 1. The van der Waals surface area contributed by atoms with Crippen molar-refractivity contribution in [1.82, 2.24) is 9.97 Å². The minimum atomic E-state index is -0.707. The monoisotopic (exact) mass is 275 g/mol. The lowest BCUT2D eigenvalue weighted by Crippen LogP contribution is -2.34. The van der Waals surface area contributed by atoms with Gasteiger partial charge in [-0.05, 0) is 17.7 Å². The summed E-state index contributed by atoms with van der Waals surface area (Å²) in [5.41, 5.74) is 7.44. The van der Waals surface area contributed by atoms with Crippen molar-refractivity contribution >= 4 is 5.97 Å². The number of methoxy groups -OCH3 is 1. The average molecular weight is 275 g/mol. The standard InChI is InChI=1S/C14H17N3O3/c1-19-12-4-2-3-10(5-12)8-20-14(18)13(15)6-11-7-16-9-17-11/h2-5,7,9,13H,6,8,15H2,1H3,(H,16,17)/t13-/m1/s1. The molecule has 1 heterocycles. The van der Waals surface area contributed by atoms with Gasteiger partial charge in [-0.25, -0.2) is 4.98 Å². The Morgan fingerprint density at radius 1 is 1.50 bits per heavy atom. The first-order chi connectivity index (χ1) is 9.69. The summed E-state index contributed by atoms with van der Waals surface area (Å²) >= 11 is 0. The molecule has 1 aromatic carbocycles. The molecular weight excluding hydrogens is 258 g/mol. The summed E-state index contributed by atoms with van der Waals surface area (Å²) < 4.78 is 10.3. The summed E-state index contributed by atoms with van der Waals surface area (Å²) in [6.07, 6.45) is 3.55. The van der Waals surface area contributed by atoms with E-state index in [9.17, 15) is 4.79 Å². The van der Waals surface area contributed by atoms with Gasteiger partial charge in [0.2, 0.25) is 0 Å². The number of hydrogen-bond donors (Lipinski definition) is 2. The molecule has 6 heteroatoms. The molecule has 0 amide bonds. The van der Waals surface area contributed by atoms with Crippen LogP contribution in [0.4, 0.5) is 0 Å². The number of nitrogens with zero attached hydrogens (tertiary/aromatic N) is 1. The Morgan fingerprint density at radius 2 is 2.35 bits per heavy atom. The highest BCUT2D eigenvalue weighted by Gasteiger charge is 2.16. The Kier molecular flexibility index (Phi) is 4.73. The van der Waals surface area contributed by atoms with Gasteiger partial charge in [-0.15, -0.1) is 0 Å². The molecule has 0 fully saturated rings. The van der Waals surface area contributed by atoms with Gasteiger partial charge in [-0.2, -0.15) is 0 Å². The van der Waals surface area contributed by atoms with Crippen molar-refractivity contribution in [2.24, 2.45) is 5.73 Å². The third kappa shape index (κ3) is 3.83. The fraction of sp³-hybridized carbons (Fsp3) is 0.286. The van der Waals surface area contributed by atoms with Crippen LogP contribution in [0, 0.1) is 0 Å². The zero-order valence-electron chi connectivity index (χ0n) is 11.2. The highest BCUT2D eigenvalue weighted by atomic mass is 16.5. The number of aromatic amines is 1. The van der Waals surface area contributed by atoms with E-state index in [0.29, 0.717) is 6.42 Å². The van der Waals surface area contributed by atoms with Crippen LogP contribution in [0.2, 0.25) is 0 Å². The molecular formula is C14H17N3O3. The Balaban J connectivity index is 1.84. The average Bonchev–Trinajstić information content (AvgIpc) is 2.97. The Hall–Kier alpha value is -2.34. The first kappa shape index (κ1) is 14.1. The van der Waals surface area contributed by atoms with Crippen LogP contribution in [0.15, 0.2) is 36.8 Å². The van der Waals surface area contributed by atoms with Crippen LogP contribution in [0.3, 0.4) is 0 Å². The molecule has 2 aromatic rings. The topological polar surface area (TPSA) is 90.2 Å². The second kappa shape index (κ2) is 6.72. The molecule has 1 atom stereocenters. The number of carbonyl (C=O) groups is 1. The van der Waals surface area contributed by atoms with Crippen molar-refractivity contribution in [3.8, 4) is 5.75 Å². The van der Waals surface area contributed by atoms with Gasteiger partial charge in [-0.1, -0.05) is 12.1 Å². The highest BCUT2D eigenvalue weighted by Crippen LogP contribution is 2.13. The van der Waals surface area contributed by atoms with Crippen LogP contribution < -0.4 is 10.5 Å². The van der Waals surface area contributed by atoms with Crippen LogP contribution in [0.1, 0.15) is 11.3 Å². The van der Waals surface area contributed by atoms with Crippen LogP contribution in [0.5, 0.6) is 5.75 Å². The van der Waals surface area contributed by atoms with E-state index in [2.05, 4.69) is 9.97 Å². The smallest absolute Gasteiger partial charge is 0.323 e. The van der Waals surface area contributed by atoms with Gasteiger partial charge in [-0.3, -0.25) is 4.79 Å². The Morgan fingerprint density at radius 3 is 3.05 bits per heavy atom. The molecule has 0 aliphatic heterocycles. The molecule has 0 spiro atoms. The first-order valence-electron chi connectivity index (χ1n) is 6.21. The van der Waals surface area contributed by atoms with Crippen molar-refractivity contribution in [2.45, 2.75) is 19.1 Å². The SMILES string of the molecule is COc1cccc(COC(=O)[C@H](N)Cc2cnc[nH]2)c1. The predicted octanol–water partition coefficient (Wildman–Crippen LogP) is 1.03. The van der Waals surface area contributed by atoms with Gasteiger partial charge in [0.25, 0.3) is 0 Å². The van der Waals surface area contributed by atoms with E-state index in [0.717, 1.165) is 17.0 Å². The summed E-state index contributed by atoms with van der Waals surface area (Å²) in [5, 5.41) is 0. The second-order valence-electron chi connectivity index (χ2n) is 4.35. The molecule has 2 rings (SSSR count). The molecule has 0 unspecified atom stereocenters. The van der Waals surface area contributed by atoms with Crippen LogP contribution in [-0.2, 0) is 22.6 Å². The molecule has 6 nitrogen and oxygen atoms in total. The van der Waals surface area contributed by atoms with Crippen molar-refractivity contribution in [2.75, 3.05) is 7.11 Å². The summed E-state index contributed by atoms with van der Waals surface area (Å²) in [6, 6.07) is 6.63. The highest BCUT2D eigenvalue weighted by molar-refractivity contribution is 5.75. The molecule has 1 aromatic heterocycles. The molecule has 0 aliphatic carbocycles. The number of hydrogen-bond acceptors (Lipinski definition) is 5. The van der Waals surface area contributed by atoms with E-state index in [1.165, 1.54) is 0 Å². The van der Waals surface area contributed by atoms with E-state index < -0.39 is 12.0 Å². The molecule has 0 aliphatic rings. The van der Waals surface area contributed by atoms with Crippen LogP contribution in [0.25, 0.3) is 0 Å². The summed E-state index contributed by atoms with van der Waals surface area (Å²) in [4.78, 5) is 18.6. The molecule has 0 bridgehead atoms. The van der Waals surface area contributed by atoms with Gasteiger partial charge < -0.3 is 20.2 Å². The fourth-order valence-electron chi connectivity index (χ4n) is 1.74. The first-order valence-corrected chi connectivity index (χ1v) is 6.21. The van der Waals surface area contributed by atoms with Crippen molar-refractivity contribution in [3.63, 3.8) is 0 Å². The summed E-state index contributed by atoms with van der Waals surface area (Å²) in [6.45, 7) is 0.173. The quantitative estimate of drug-likeness (QED) is 0.768. The minimum absolute atomic E-state index is 0.173. The van der Waals surface area contributed by atoms with Crippen molar-refractivity contribution < 1.29 is 14.3 Å². The molecule has 0 radical (unpaired) electrons. The van der Waals surface area contributed by atoms with Crippen molar-refractivity contribution in [1.29, 1.82) is 0 Å². The number of benzene rings is 1. The minimum Gasteiger partial charge on any atom is -0.497 e. The van der Waals surface area contributed by atoms with E-state index in [-0.39, 0.29) is 6.61 Å². The summed E-state index contributed by atoms with van der Waals surface area (Å²) in [5.74, 6) is 0.280. The number of nitrogens with two attached hydrogens (primary N) is 1. The van der Waals surface area contributed by atoms with E-state index >= 15 is 0 Å². The van der Waals surface area contributed by atoms with Crippen LogP contribution >= 0.6 is 0 Å². The number of imidazole rings is 1. The van der Waals surface area contributed by atoms with Gasteiger partial charge in [0, 0.05) is 18.3 Å². The zero-order chi connectivity index (χ0) is 14.4. The molecule has 3 N–H and O–H groups in total. The van der Waals surface area contributed by atoms with Gasteiger partial charge >= 0.3 is 5.97 Å². The molecule has 0 saturated heterocycles. The van der Waals surface area contributed by atoms with Gasteiger partial charge in [0.15, 0.2) is 0 Å². The maximum absolute atomic E-state index is 11.8. The summed E-state index contributed by atoms with van der Waals surface area (Å²) in [7, 11) is 1.59. The number of rotatable bonds is 6. The normalized spacial score (nSPS) is 11.9. The van der Waals surface area contributed by atoms with E-state index in [1.807, 2.05) is 24.3 Å². The largest absolute Gasteiger partial charge is 0.497 e. The maximum atomic E-state index is 11.8. The van der Waals surface area contributed by atoms with E-state index in [1.54, 1.807) is 19.6 Å². The molecule has 106 valence electrons. The lowest BCUT2D eigenvalue weighted by Gasteiger charge is -2.11. The second-order valence-corrected chi connectivity index (χ2v) is 4.35. The van der Waals surface area contributed by atoms with Crippen LogP contribution in [-0.4, -0.2) is 29.1 Å². The Bertz CT molecular complexity index is 555. The third-order valence-corrected chi connectivity index (χ3v) is 2.81. The molecule has 0 saturated carbocycles. The number of H-pyrrole nitrogens is 1. The van der Waals surface area contributed by atoms with Gasteiger partial charge in [0.1, 0.15) is 18.4 Å². The molecule has 20 heavy (non-hydrogen) atoms. The third-order valence-electron chi connectivity index (χ3n) is 2.81. The number of esters is 1. The van der Waals surface area contributed by atoms with E-state index in [4.69, 9.17) is 15.2 Å². The fourth-order valence-corrected chi connectivity index (χ4v) is 1.74. The lowest BCUT2D eigenvalue weighted by atomic mass is 10.2. The maximum Gasteiger partial charge on any atom is 0.323 e. The lowest BCUT2D eigenvalue weighted by molar-refractivity contribution is -0.146. The zero-order valence-corrected chi connectivity index (χ0v) is 11.2. The number of ether oxygens (including phenoxy) is 2. The van der Waals surface area contributed by atoms with Crippen molar-refractivity contribution in [3.05, 3.63) is 48.0 Å².